The molecule has 0 saturated carbocycles. The van der Waals surface area contributed by atoms with Crippen molar-refractivity contribution in [1.29, 1.82) is 5.41 Å². The summed E-state index contributed by atoms with van der Waals surface area (Å²) in [6.07, 6.45) is 0. The lowest BCUT2D eigenvalue weighted by molar-refractivity contribution is 0.381. The summed E-state index contributed by atoms with van der Waals surface area (Å²) in [6.45, 7) is 0. The normalized spacial score (nSPS) is 9.29. The van der Waals surface area contributed by atoms with Crippen molar-refractivity contribution in [2.45, 2.75) is 0 Å². The minimum atomic E-state index is -4.67. The van der Waals surface area contributed by atoms with Gasteiger partial charge in [-0.2, -0.15) is 8.42 Å². The van der Waals surface area contributed by atoms with Gasteiger partial charge < -0.3 is 11.5 Å². The van der Waals surface area contributed by atoms with Gasteiger partial charge >= 0.3 is 10.4 Å². The fourth-order valence-electron chi connectivity index (χ4n) is 0.160. The highest BCUT2D eigenvalue weighted by molar-refractivity contribution is 7.80. The Bertz CT molecular complexity index is 264. The largest absolute Gasteiger partial charge is 0.394 e. The SMILES string of the molecule is N=C(N)NNNC(N)=S.O=S(=O)(O)O. The van der Waals surface area contributed by atoms with Gasteiger partial charge in [-0.25, -0.2) is 0 Å². The molecule has 0 spiro atoms. The van der Waals surface area contributed by atoms with Crippen molar-refractivity contribution in [2.24, 2.45) is 11.5 Å². The van der Waals surface area contributed by atoms with Crippen LogP contribution in [0.3, 0.4) is 0 Å². The van der Waals surface area contributed by atoms with Crippen molar-refractivity contribution in [1.82, 2.24) is 16.4 Å². The predicted octanol–water partition coefficient (Wildman–Crippen LogP) is -2.93. The molecule has 0 unspecified atom stereocenters. The van der Waals surface area contributed by atoms with Crippen molar-refractivity contribution >= 4 is 33.7 Å². The molecule has 0 saturated heterocycles. The fourth-order valence-corrected chi connectivity index (χ4v) is 0.211. The number of thiocarbonyl (C=S) groups is 1. The maximum atomic E-state index is 8.74. The maximum absolute atomic E-state index is 8.74. The predicted molar refractivity (Wildman–Crippen MR) is 52.3 cm³/mol. The van der Waals surface area contributed by atoms with E-state index >= 15 is 0 Å². The monoisotopic (exact) mass is 246 g/mol. The molecule has 0 rings (SSSR count). The van der Waals surface area contributed by atoms with Gasteiger partial charge in [0.15, 0.2) is 5.11 Å². The Balaban J connectivity index is 0. The van der Waals surface area contributed by atoms with Gasteiger partial charge in [0.2, 0.25) is 5.96 Å². The molecule has 0 heterocycles. The van der Waals surface area contributed by atoms with Crippen molar-refractivity contribution < 1.29 is 17.5 Å². The van der Waals surface area contributed by atoms with Crippen molar-refractivity contribution in [2.75, 3.05) is 0 Å². The Labute approximate surface area is 85.1 Å². The van der Waals surface area contributed by atoms with E-state index in [1.165, 1.54) is 0 Å². The lowest BCUT2D eigenvalue weighted by Gasteiger charge is -2.05. The number of hydrogen-bond donors (Lipinski definition) is 8. The molecule has 84 valence electrons. The van der Waals surface area contributed by atoms with Crippen LogP contribution in [0.2, 0.25) is 0 Å². The van der Waals surface area contributed by atoms with Gasteiger partial charge in [0, 0.05) is 0 Å². The van der Waals surface area contributed by atoms with Crippen LogP contribution in [0.25, 0.3) is 0 Å². The number of hydrazine groups is 2. The van der Waals surface area contributed by atoms with E-state index in [1.54, 1.807) is 0 Å². The lowest BCUT2D eigenvalue weighted by atomic mass is 11.1. The van der Waals surface area contributed by atoms with Crippen molar-refractivity contribution in [3.63, 3.8) is 0 Å². The van der Waals surface area contributed by atoms with E-state index in [-0.39, 0.29) is 11.1 Å². The summed E-state index contributed by atoms with van der Waals surface area (Å²) in [5, 5.41) is 6.69. The zero-order valence-corrected chi connectivity index (χ0v) is 8.32. The second kappa shape index (κ2) is 7.22. The summed E-state index contributed by atoms with van der Waals surface area (Å²) < 4.78 is 31.6. The number of nitrogens with one attached hydrogen (secondary N) is 4. The van der Waals surface area contributed by atoms with Gasteiger partial charge in [-0.1, -0.05) is 0 Å². The Morgan fingerprint density at radius 2 is 1.64 bits per heavy atom. The third-order valence-electron chi connectivity index (χ3n) is 0.383. The zero-order valence-electron chi connectivity index (χ0n) is 6.68. The first kappa shape index (κ1) is 15.3. The molecule has 0 aliphatic carbocycles. The second-order valence-corrected chi connectivity index (χ2v) is 2.94. The second-order valence-electron chi connectivity index (χ2n) is 1.60. The van der Waals surface area contributed by atoms with Crippen LogP contribution in [0.5, 0.6) is 0 Å². The molecule has 0 fully saturated rings. The van der Waals surface area contributed by atoms with E-state index in [4.69, 9.17) is 34.4 Å². The third kappa shape index (κ3) is 45.1. The van der Waals surface area contributed by atoms with Crippen molar-refractivity contribution in [3.8, 4) is 0 Å². The summed E-state index contributed by atoms with van der Waals surface area (Å²) in [5.74, 6) is -0.223. The minimum absolute atomic E-state index is 0.0729. The first-order valence-electron chi connectivity index (χ1n) is 2.73. The minimum Gasteiger partial charge on any atom is -0.375 e. The smallest absolute Gasteiger partial charge is 0.375 e. The summed E-state index contributed by atoms with van der Waals surface area (Å²) in [7, 11) is -4.67. The third-order valence-corrected chi connectivity index (χ3v) is 0.485. The van der Waals surface area contributed by atoms with E-state index in [0.717, 1.165) is 0 Å². The molecule has 10 N–H and O–H groups in total. The van der Waals surface area contributed by atoms with Crippen LogP contribution in [0.15, 0.2) is 0 Å². The van der Waals surface area contributed by atoms with Gasteiger partial charge in [-0.05, 0) is 12.2 Å². The van der Waals surface area contributed by atoms with Crippen LogP contribution in [-0.2, 0) is 10.4 Å². The molecule has 0 aromatic carbocycles. The molecular weight excluding hydrogens is 236 g/mol. The van der Waals surface area contributed by atoms with Gasteiger partial charge in [0.05, 0.1) is 0 Å². The van der Waals surface area contributed by atoms with E-state index in [2.05, 4.69) is 28.6 Å². The molecule has 0 aliphatic rings. The standard InChI is InChI=1S/C2H8N6S.H2O4S/c3-1(4)6-8-7-2(5)9;1-5(2,3)4/h8H,(H4,3,4,6)(H3,5,7,9);(H2,1,2,3,4). The average Bonchev–Trinajstić information content (AvgIpc) is 1.80. The lowest BCUT2D eigenvalue weighted by Crippen LogP contribution is -2.52. The molecule has 12 heteroatoms. The number of hydrogen-bond acceptors (Lipinski definition) is 5. The maximum Gasteiger partial charge on any atom is 0.394 e. The van der Waals surface area contributed by atoms with Gasteiger partial charge in [0.1, 0.15) is 0 Å². The van der Waals surface area contributed by atoms with Crippen LogP contribution in [0.1, 0.15) is 0 Å². The highest BCUT2D eigenvalue weighted by Crippen LogP contribution is 1.59. The first-order valence-corrected chi connectivity index (χ1v) is 4.54. The summed E-state index contributed by atoms with van der Waals surface area (Å²) in [5.41, 5.74) is 16.6. The molecule has 0 aliphatic heterocycles. The number of rotatable bonds is 2. The highest BCUT2D eigenvalue weighted by atomic mass is 32.3. The summed E-state index contributed by atoms with van der Waals surface area (Å²) in [6, 6.07) is 0. The zero-order chi connectivity index (χ0) is 11.8. The molecule has 0 radical (unpaired) electrons. The van der Waals surface area contributed by atoms with Gasteiger partial charge in [-0.15, -0.1) is 5.53 Å². The van der Waals surface area contributed by atoms with Gasteiger partial charge in [0.25, 0.3) is 0 Å². The molecule has 0 atom stereocenters. The number of nitrogens with two attached hydrogens (primary N) is 2. The summed E-state index contributed by atoms with van der Waals surface area (Å²) in [4.78, 5) is 0. The van der Waals surface area contributed by atoms with E-state index in [1.807, 2.05) is 0 Å². The molecule has 0 bridgehead atoms. The Hall–Kier alpha value is -1.21. The Morgan fingerprint density at radius 1 is 1.29 bits per heavy atom. The van der Waals surface area contributed by atoms with Crippen LogP contribution < -0.4 is 27.9 Å². The van der Waals surface area contributed by atoms with Crippen molar-refractivity contribution in [3.05, 3.63) is 0 Å². The summed E-state index contributed by atoms with van der Waals surface area (Å²) >= 11 is 4.40. The highest BCUT2D eigenvalue weighted by Gasteiger charge is 1.84. The van der Waals surface area contributed by atoms with Crippen LogP contribution in [0.4, 0.5) is 0 Å². The van der Waals surface area contributed by atoms with Crippen LogP contribution in [0, 0.1) is 5.41 Å². The molecule has 0 aromatic heterocycles. The van der Waals surface area contributed by atoms with E-state index < -0.39 is 10.4 Å². The topological polar surface area (TPSA) is 187 Å². The number of guanidine groups is 1. The Kier molecular flexibility index (Phi) is 7.87. The fraction of sp³-hybridized carbons (Fsp3) is 0. The molecule has 0 aromatic rings. The van der Waals surface area contributed by atoms with E-state index in [0.29, 0.717) is 0 Å². The van der Waals surface area contributed by atoms with Gasteiger partial charge in [-0.3, -0.25) is 25.4 Å². The molecular formula is C2H10N6O4S2. The molecule has 14 heavy (non-hydrogen) atoms. The Morgan fingerprint density at radius 3 is 1.86 bits per heavy atom. The average molecular weight is 246 g/mol. The first-order chi connectivity index (χ1) is 6.13. The van der Waals surface area contributed by atoms with Crippen LogP contribution in [-0.4, -0.2) is 28.6 Å². The molecule has 10 nitrogen and oxygen atoms in total. The quantitative estimate of drug-likeness (QED) is 0.0823. The molecule has 0 amide bonds. The van der Waals surface area contributed by atoms with E-state index in [9.17, 15) is 0 Å². The van der Waals surface area contributed by atoms with Crippen LogP contribution >= 0.6 is 12.2 Å².